The molecule has 3 aliphatic rings. The van der Waals surface area contributed by atoms with Crippen LogP contribution in [0.4, 0.5) is 5.69 Å². The van der Waals surface area contributed by atoms with E-state index in [4.69, 9.17) is 22.1 Å². The van der Waals surface area contributed by atoms with E-state index < -0.39 is 5.41 Å². The van der Waals surface area contributed by atoms with Crippen LogP contribution in [0.25, 0.3) is 0 Å². The molecule has 0 fully saturated rings. The van der Waals surface area contributed by atoms with Crippen molar-refractivity contribution in [2.24, 2.45) is 5.73 Å². The molecule has 6 heteroatoms. The van der Waals surface area contributed by atoms with Gasteiger partial charge in [0.05, 0.1) is 0 Å². The van der Waals surface area contributed by atoms with Crippen LogP contribution in [0.15, 0.2) is 41.0 Å². The van der Waals surface area contributed by atoms with Gasteiger partial charge in [0, 0.05) is 22.7 Å². The normalized spacial score (nSPS) is 25.7. The summed E-state index contributed by atoms with van der Waals surface area (Å²) in [5.74, 6) is 0.471. The number of hydrogen-bond acceptors (Lipinski definition) is 4. The van der Waals surface area contributed by atoms with E-state index in [1.807, 2.05) is 0 Å². The predicted molar refractivity (Wildman–Crippen MR) is 85.2 cm³/mol. The molecule has 2 aliphatic heterocycles. The number of fused-ring (bicyclic) bond motifs is 3. The number of benzene rings is 1. The lowest BCUT2D eigenvalue weighted by atomic mass is 9.65. The first-order valence-corrected chi connectivity index (χ1v) is 7.89. The Morgan fingerprint density at radius 3 is 2.91 bits per heavy atom. The molecule has 1 spiro atoms. The summed E-state index contributed by atoms with van der Waals surface area (Å²) < 4.78 is 5.68. The highest BCUT2D eigenvalue weighted by atomic mass is 35.5. The molecule has 1 atom stereocenters. The van der Waals surface area contributed by atoms with Crippen molar-refractivity contribution in [2.45, 2.75) is 31.1 Å². The van der Waals surface area contributed by atoms with Gasteiger partial charge in [-0.15, -0.1) is 0 Å². The smallest absolute Gasteiger partial charge is 0.244 e. The summed E-state index contributed by atoms with van der Waals surface area (Å²) >= 11 is 6.16. The average molecular weight is 328 g/mol. The van der Waals surface area contributed by atoms with E-state index >= 15 is 0 Å². The van der Waals surface area contributed by atoms with Crippen molar-refractivity contribution in [2.75, 3.05) is 5.32 Å². The number of nitrogens with one attached hydrogen (secondary N) is 1. The van der Waals surface area contributed by atoms with E-state index in [9.17, 15) is 10.1 Å². The number of amides is 1. The van der Waals surface area contributed by atoms with E-state index in [1.165, 1.54) is 0 Å². The van der Waals surface area contributed by atoms with Crippen molar-refractivity contribution >= 4 is 23.2 Å². The summed E-state index contributed by atoms with van der Waals surface area (Å²) in [6.07, 6.45) is 3.35. The molecule has 2 heterocycles. The summed E-state index contributed by atoms with van der Waals surface area (Å²) in [7, 11) is 0. The quantitative estimate of drug-likeness (QED) is 0.766. The lowest BCUT2D eigenvalue weighted by Gasteiger charge is -2.38. The van der Waals surface area contributed by atoms with Crippen molar-refractivity contribution in [1.82, 2.24) is 0 Å². The van der Waals surface area contributed by atoms with E-state index in [2.05, 4.69) is 11.4 Å². The van der Waals surface area contributed by atoms with Crippen LogP contribution < -0.4 is 11.1 Å². The zero-order valence-corrected chi connectivity index (χ0v) is 13.0. The zero-order valence-electron chi connectivity index (χ0n) is 12.3. The van der Waals surface area contributed by atoms with Gasteiger partial charge in [0.2, 0.25) is 11.8 Å². The Morgan fingerprint density at radius 1 is 1.35 bits per heavy atom. The lowest BCUT2D eigenvalue weighted by Crippen LogP contribution is -2.43. The van der Waals surface area contributed by atoms with Gasteiger partial charge in [-0.25, -0.2) is 0 Å². The molecule has 116 valence electrons. The second kappa shape index (κ2) is 4.77. The molecule has 0 saturated heterocycles. The Bertz CT molecular complexity index is 850. The fraction of sp³-hybridized carbons (Fsp3) is 0.294. The Hall–Kier alpha value is -2.45. The third kappa shape index (κ3) is 1.70. The SMILES string of the molecule is N#CC1=C(N)OC2=C(CCCC2)C12C(=O)Nc1ccc(Cl)cc12. The van der Waals surface area contributed by atoms with Gasteiger partial charge in [0.15, 0.2) is 0 Å². The number of carbonyl (C=O) groups is 1. The number of hydrogen-bond donors (Lipinski definition) is 2. The molecule has 5 nitrogen and oxygen atoms in total. The Kier molecular flexibility index (Phi) is 2.94. The molecule has 1 amide bonds. The highest BCUT2D eigenvalue weighted by Crippen LogP contribution is 2.54. The number of allylic oxidation sites excluding steroid dienone is 1. The van der Waals surface area contributed by atoms with Gasteiger partial charge in [-0.1, -0.05) is 11.6 Å². The molecule has 0 saturated carbocycles. The molecule has 3 N–H and O–H groups in total. The minimum Gasteiger partial charge on any atom is -0.445 e. The van der Waals surface area contributed by atoms with Crippen molar-refractivity contribution in [1.29, 1.82) is 5.26 Å². The summed E-state index contributed by atoms with van der Waals surface area (Å²) in [5, 5.41) is 13.1. The highest BCUT2D eigenvalue weighted by molar-refractivity contribution is 6.31. The van der Waals surface area contributed by atoms with Crippen molar-refractivity contribution in [3.8, 4) is 6.07 Å². The van der Waals surface area contributed by atoms with E-state index in [1.54, 1.807) is 18.2 Å². The summed E-state index contributed by atoms with van der Waals surface area (Å²) in [6, 6.07) is 7.32. The predicted octanol–water partition coefficient (Wildman–Crippen LogP) is 3.08. The minimum atomic E-state index is -1.20. The third-order valence-corrected chi connectivity index (χ3v) is 5.05. The monoisotopic (exact) mass is 327 g/mol. The van der Waals surface area contributed by atoms with Crippen LogP contribution in [-0.2, 0) is 14.9 Å². The highest BCUT2D eigenvalue weighted by Gasteiger charge is 2.57. The van der Waals surface area contributed by atoms with Gasteiger partial charge < -0.3 is 15.8 Å². The summed E-state index contributed by atoms with van der Waals surface area (Å²) in [4.78, 5) is 13.0. The number of nitriles is 1. The molecule has 4 rings (SSSR count). The first-order valence-electron chi connectivity index (χ1n) is 7.51. The van der Waals surface area contributed by atoms with Gasteiger partial charge >= 0.3 is 0 Å². The van der Waals surface area contributed by atoms with Crippen LogP contribution in [-0.4, -0.2) is 5.91 Å². The molecule has 0 bridgehead atoms. The fourth-order valence-corrected chi connectivity index (χ4v) is 4.04. The van der Waals surface area contributed by atoms with Crippen LogP contribution in [0.5, 0.6) is 0 Å². The Morgan fingerprint density at radius 2 is 2.13 bits per heavy atom. The van der Waals surface area contributed by atoms with Crippen molar-refractivity contribution in [3.63, 3.8) is 0 Å². The number of carbonyl (C=O) groups excluding carboxylic acids is 1. The van der Waals surface area contributed by atoms with Crippen LogP contribution in [0.2, 0.25) is 5.02 Å². The maximum Gasteiger partial charge on any atom is 0.244 e. The van der Waals surface area contributed by atoms with Crippen LogP contribution in [0.3, 0.4) is 0 Å². The maximum atomic E-state index is 13.0. The minimum absolute atomic E-state index is 0.0103. The molecule has 1 aromatic carbocycles. The number of ether oxygens (including phenoxy) is 1. The topological polar surface area (TPSA) is 88.1 Å². The summed E-state index contributed by atoms with van der Waals surface area (Å²) in [6.45, 7) is 0. The lowest BCUT2D eigenvalue weighted by molar-refractivity contribution is -0.119. The zero-order chi connectivity index (χ0) is 16.2. The molecule has 0 radical (unpaired) electrons. The Labute approximate surface area is 138 Å². The molecule has 0 aromatic heterocycles. The average Bonchev–Trinajstić information content (AvgIpc) is 2.81. The standard InChI is InChI=1S/C17H14ClN3O2/c18-9-5-6-13-11(7-9)17(16(22)21-13)10-3-1-2-4-14(10)23-15(20)12(17)8-19/h5-7H,1-4,20H2,(H,21,22). The van der Waals surface area contributed by atoms with E-state index in [0.717, 1.165) is 30.6 Å². The molecular weight excluding hydrogens is 314 g/mol. The van der Waals surface area contributed by atoms with Gasteiger partial charge in [0.1, 0.15) is 22.8 Å². The molecule has 1 unspecified atom stereocenters. The van der Waals surface area contributed by atoms with Gasteiger partial charge in [0.25, 0.3) is 0 Å². The molecule has 1 aromatic rings. The van der Waals surface area contributed by atoms with Crippen molar-refractivity contribution in [3.05, 3.63) is 51.6 Å². The molecule has 23 heavy (non-hydrogen) atoms. The first-order chi connectivity index (χ1) is 11.1. The molecule has 1 aliphatic carbocycles. The van der Waals surface area contributed by atoms with Crippen LogP contribution >= 0.6 is 11.6 Å². The fourth-order valence-electron chi connectivity index (χ4n) is 3.87. The first kappa shape index (κ1) is 14.2. The molecular formula is C17H14ClN3O2. The number of anilines is 1. The number of nitrogens with two attached hydrogens (primary N) is 1. The van der Waals surface area contributed by atoms with E-state index in [0.29, 0.717) is 22.7 Å². The Balaban J connectivity index is 2.09. The van der Waals surface area contributed by atoms with Gasteiger partial charge in [-0.3, -0.25) is 4.79 Å². The second-order valence-corrected chi connectivity index (χ2v) is 6.39. The maximum absolute atomic E-state index is 13.0. The van der Waals surface area contributed by atoms with Crippen molar-refractivity contribution < 1.29 is 9.53 Å². The van der Waals surface area contributed by atoms with Gasteiger partial charge in [-0.05, 0) is 43.0 Å². The van der Waals surface area contributed by atoms with Crippen LogP contribution in [0.1, 0.15) is 31.2 Å². The van der Waals surface area contributed by atoms with Gasteiger partial charge in [-0.2, -0.15) is 5.26 Å². The second-order valence-electron chi connectivity index (χ2n) is 5.96. The largest absolute Gasteiger partial charge is 0.445 e. The van der Waals surface area contributed by atoms with Crippen LogP contribution in [0, 0.1) is 11.3 Å². The third-order valence-electron chi connectivity index (χ3n) is 4.81. The number of nitrogens with zero attached hydrogens (tertiary/aromatic N) is 1. The summed E-state index contributed by atoms with van der Waals surface area (Å²) in [5.41, 5.74) is 7.14. The number of rotatable bonds is 0. The number of halogens is 1. The van der Waals surface area contributed by atoms with E-state index in [-0.39, 0.29) is 17.4 Å².